The van der Waals surface area contributed by atoms with Gasteiger partial charge in [-0.25, -0.2) is 0 Å². The van der Waals surface area contributed by atoms with E-state index in [-0.39, 0.29) is 40.6 Å². The third-order valence-electron chi connectivity index (χ3n) is 3.78. The Morgan fingerprint density at radius 2 is 1.85 bits per heavy atom. The summed E-state index contributed by atoms with van der Waals surface area (Å²) < 4.78 is 29.7. The summed E-state index contributed by atoms with van der Waals surface area (Å²) >= 11 is 1.59. The van der Waals surface area contributed by atoms with Gasteiger partial charge >= 0.3 is 6.61 Å². The molecule has 0 N–H and O–H groups in total. The number of amidine groups is 1. The van der Waals surface area contributed by atoms with Crippen LogP contribution in [0.4, 0.5) is 14.5 Å². The van der Waals surface area contributed by atoms with Crippen LogP contribution in [0.1, 0.15) is 16.8 Å². The predicted molar refractivity (Wildman–Crippen MR) is 111 cm³/mol. The standard InChI is InChI=1S/C19H18F2N2O2S.BrH/c20-18(21)25-17-10-5-4-9-15(17)16(24)13-23(14-7-2-1-3-8-14)19-22-11-6-12-26-19;/h1-5,7-10,18H,6,11-13H2;1H. The van der Waals surface area contributed by atoms with Gasteiger partial charge in [0.15, 0.2) is 11.0 Å². The molecule has 0 amide bonds. The zero-order chi connectivity index (χ0) is 18.4. The van der Waals surface area contributed by atoms with Gasteiger partial charge in [-0.2, -0.15) is 8.78 Å². The lowest BCUT2D eigenvalue weighted by Gasteiger charge is -2.27. The summed E-state index contributed by atoms with van der Waals surface area (Å²) in [6.07, 6.45) is 0.996. The number of rotatable bonds is 6. The van der Waals surface area contributed by atoms with Gasteiger partial charge in [0.1, 0.15) is 5.75 Å². The van der Waals surface area contributed by atoms with Crippen molar-refractivity contribution in [2.24, 2.45) is 4.99 Å². The van der Waals surface area contributed by atoms with Gasteiger partial charge in [0.05, 0.1) is 12.1 Å². The first-order valence-corrected chi connectivity index (χ1v) is 9.20. The number of Topliss-reactive ketones (excluding diaryl/α,β-unsaturated/α-hetero) is 1. The van der Waals surface area contributed by atoms with Gasteiger partial charge in [-0.05, 0) is 30.7 Å². The minimum atomic E-state index is -2.98. The van der Waals surface area contributed by atoms with Gasteiger partial charge in [0, 0.05) is 18.0 Å². The molecule has 0 spiro atoms. The number of carbonyl (C=O) groups is 1. The maximum absolute atomic E-state index is 12.8. The molecule has 0 atom stereocenters. The first-order valence-electron chi connectivity index (χ1n) is 8.22. The fourth-order valence-electron chi connectivity index (χ4n) is 2.61. The summed E-state index contributed by atoms with van der Waals surface area (Å²) in [5, 5.41) is 0.767. The number of ketones is 1. The number of halogens is 3. The molecule has 0 saturated carbocycles. The van der Waals surface area contributed by atoms with E-state index in [1.165, 1.54) is 12.1 Å². The number of hydrogen-bond donors (Lipinski definition) is 0. The van der Waals surface area contributed by atoms with E-state index in [1.54, 1.807) is 23.9 Å². The van der Waals surface area contributed by atoms with Crippen molar-refractivity contribution < 1.29 is 18.3 Å². The van der Waals surface area contributed by atoms with Crippen LogP contribution in [0.25, 0.3) is 0 Å². The lowest BCUT2D eigenvalue weighted by molar-refractivity contribution is -0.0501. The summed E-state index contributed by atoms with van der Waals surface area (Å²) in [4.78, 5) is 19.2. The molecular weight excluding hydrogens is 438 g/mol. The largest absolute Gasteiger partial charge is 0.434 e. The maximum atomic E-state index is 12.8. The van der Waals surface area contributed by atoms with E-state index in [0.29, 0.717) is 6.54 Å². The van der Waals surface area contributed by atoms with Crippen LogP contribution in [-0.2, 0) is 0 Å². The second kappa shape index (κ2) is 10.4. The number of anilines is 1. The highest BCUT2D eigenvalue weighted by atomic mass is 79.9. The summed E-state index contributed by atoms with van der Waals surface area (Å²) in [6.45, 7) is -2.27. The minimum Gasteiger partial charge on any atom is -0.434 e. The normalized spacial score (nSPS) is 13.5. The molecule has 0 saturated heterocycles. The van der Waals surface area contributed by atoms with E-state index in [4.69, 9.17) is 0 Å². The third kappa shape index (κ3) is 5.77. The van der Waals surface area contributed by atoms with Gasteiger partial charge in [-0.1, -0.05) is 42.1 Å². The van der Waals surface area contributed by atoms with Crippen molar-refractivity contribution in [2.75, 3.05) is 23.7 Å². The molecular formula is C19H19BrF2N2O2S. The molecule has 0 aromatic heterocycles. The lowest BCUT2D eigenvalue weighted by atomic mass is 10.1. The van der Waals surface area contributed by atoms with Crippen LogP contribution in [0.2, 0.25) is 0 Å². The summed E-state index contributed by atoms with van der Waals surface area (Å²) in [7, 11) is 0. The van der Waals surface area contributed by atoms with Crippen molar-refractivity contribution >= 4 is 45.4 Å². The van der Waals surface area contributed by atoms with Crippen LogP contribution < -0.4 is 9.64 Å². The predicted octanol–water partition coefficient (Wildman–Crippen LogP) is 5.05. The van der Waals surface area contributed by atoms with Crippen LogP contribution >= 0.6 is 28.7 Å². The summed E-state index contributed by atoms with van der Waals surface area (Å²) in [5.74, 6) is 0.513. The number of hydrogen-bond acceptors (Lipinski definition) is 5. The molecule has 0 aliphatic carbocycles. The Morgan fingerprint density at radius 3 is 2.52 bits per heavy atom. The number of thioether (sulfide) groups is 1. The second-order valence-electron chi connectivity index (χ2n) is 5.59. The number of nitrogens with zero attached hydrogens (tertiary/aromatic N) is 2. The lowest BCUT2D eigenvalue weighted by Crippen LogP contribution is -2.35. The minimum absolute atomic E-state index is 0. The molecule has 27 heavy (non-hydrogen) atoms. The summed E-state index contributed by atoms with van der Waals surface area (Å²) in [5.41, 5.74) is 0.969. The van der Waals surface area contributed by atoms with Crippen LogP contribution in [0.3, 0.4) is 0 Å². The van der Waals surface area contributed by atoms with E-state index in [0.717, 1.165) is 23.0 Å². The number of carbonyl (C=O) groups excluding carboxylic acids is 1. The van der Waals surface area contributed by atoms with E-state index >= 15 is 0 Å². The van der Waals surface area contributed by atoms with Gasteiger partial charge in [-0.3, -0.25) is 9.79 Å². The first-order chi connectivity index (χ1) is 12.6. The highest BCUT2D eigenvalue weighted by Crippen LogP contribution is 2.25. The molecule has 0 radical (unpaired) electrons. The van der Waals surface area contributed by atoms with E-state index in [1.807, 2.05) is 35.2 Å². The molecule has 0 unspecified atom stereocenters. The first kappa shape index (κ1) is 21.4. The Labute approximate surface area is 171 Å². The number of benzene rings is 2. The van der Waals surface area contributed by atoms with Gasteiger partial charge < -0.3 is 9.64 Å². The van der Waals surface area contributed by atoms with Crippen molar-refractivity contribution in [2.45, 2.75) is 13.0 Å². The number of ether oxygens (including phenoxy) is 1. The zero-order valence-electron chi connectivity index (χ0n) is 14.4. The van der Waals surface area contributed by atoms with Crippen LogP contribution in [0.15, 0.2) is 59.6 Å². The Hall–Kier alpha value is -1.93. The molecule has 0 fully saturated rings. The fourth-order valence-corrected chi connectivity index (χ4v) is 3.58. The molecule has 1 heterocycles. The number of para-hydroxylation sites is 2. The average molecular weight is 457 g/mol. The van der Waals surface area contributed by atoms with E-state index < -0.39 is 6.61 Å². The Kier molecular flexibility index (Phi) is 8.24. The molecule has 4 nitrogen and oxygen atoms in total. The second-order valence-corrected chi connectivity index (χ2v) is 6.65. The van der Waals surface area contributed by atoms with Crippen molar-refractivity contribution in [1.82, 2.24) is 0 Å². The van der Waals surface area contributed by atoms with Crippen LogP contribution in [0.5, 0.6) is 5.75 Å². The Balaban J connectivity index is 0.00000261. The fraction of sp³-hybridized carbons (Fsp3) is 0.263. The van der Waals surface area contributed by atoms with Crippen molar-refractivity contribution in [3.8, 4) is 5.75 Å². The van der Waals surface area contributed by atoms with E-state index in [2.05, 4.69) is 9.73 Å². The highest BCUT2D eigenvalue weighted by Gasteiger charge is 2.22. The molecule has 8 heteroatoms. The number of alkyl halides is 2. The smallest absolute Gasteiger partial charge is 0.387 e. The van der Waals surface area contributed by atoms with E-state index in [9.17, 15) is 13.6 Å². The third-order valence-corrected chi connectivity index (χ3v) is 4.89. The Morgan fingerprint density at radius 1 is 1.15 bits per heavy atom. The monoisotopic (exact) mass is 456 g/mol. The van der Waals surface area contributed by atoms with Crippen LogP contribution in [0, 0.1) is 0 Å². The summed E-state index contributed by atoms with van der Waals surface area (Å²) in [6, 6.07) is 15.5. The SMILES string of the molecule is Br.O=C(CN(C1=NCCCS1)c1ccccc1)c1ccccc1OC(F)F. The van der Waals surface area contributed by atoms with Gasteiger partial charge in [-0.15, -0.1) is 17.0 Å². The maximum Gasteiger partial charge on any atom is 0.387 e. The Bertz CT molecular complexity index is 790. The van der Waals surface area contributed by atoms with Gasteiger partial charge in [0.25, 0.3) is 0 Å². The molecule has 3 rings (SSSR count). The zero-order valence-corrected chi connectivity index (χ0v) is 16.9. The molecule has 2 aromatic carbocycles. The van der Waals surface area contributed by atoms with Crippen LogP contribution in [-0.4, -0.2) is 36.4 Å². The molecule has 1 aliphatic heterocycles. The number of aliphatic imine (C=N–C) groups is 1. The van der Waals surface area contributed by atoms with Crippen molar-refractivity contribution in [1.29, 1.82) is 0 Å². The molecule has 144 valence electrons. The highest BCUT2D eigenvalue weighted by molar-refractivity contribution is 8.93. The topological polar surface area (TPSA) is 41.9 Å². The quantitative estimate of drug-likeness (QED) is 0.570. The van der Waals surface area contributed by atoms with Crippen molar-refractivity contribution in [3.05, 3.63) is 60.2 Å². The van der Waals surface area contributed by atoms with Gasteiger partial charge in [0.2, 0.25) is 0 Å². The average Bonchev–Trinajstić information content (AvgIpc) is 2.67. The molecule has 1 aliphatic rings. The molecule has 2 aromatic rings. The van der Waals surface area contributed by atoms with Crippen molar-refractivity contribution in [3.63, 3.8) is 0 Å². The molecule has 0 bridgehead atoms.